The van der Waals surface area contributed by atoms with E-state index in [1.807, 2.05) is 42.7 Å². The van der Waals surface area contributed by atoms with E-state index in [2.05, 4.69) is 0 Å². The minimum atomic E-state index is -1.19. The van der Waals surface area contributed by atoms with E-state index >= 15 is 0 Å². The molecule has 4 rings (SSSR count). The largest absolute Gasteiger partial charge is 0.478 e. The molecule has 7 nitrogen and oxygen atoms in total. The topological polar surface area (TPSA) is 86.2 Å². The highest BCUT2D eigenvalue weighted by atomic mass is 32.1. The van der Waals surface area contributed by atoms with Crippen molar-refractivity contribution in [2.45, 2.75) is 26.9 Å². The number of aromatic nitrogens is 3. The minimum absolute atomic E-state index is 0.0507. The molecular formula is C20H19N3O4S3. The molecule has 0 spiro atoms. The average molecular weight is 462 g/mol. The standard InChI is InChI=1S/C20H19N3O4S3/c1-10(2)8-23-17-15(16(24)21(3)19(23)27)14(18(25)26)13(29-17)9-22-11-6-4-5-7-12(11)30-20(22)28/h4-7,10H,8-9H2,1-3H3,(H,25,26). The second kappa shape index (κ2) is 7.60. The lowest BCUT2D eigenvalue weighted by molar-refractivity contribution is 0.0698. The first-order valence-corrected chi connectivity index (χ1v) is 11.3. The van der Waals surface area contributed by atoms with Gasteiger partial charge in [0.15, 0.2) is 3.95 Å². The van der Waals surface area contributed by atoms with Crippen LogP contribution < -0.4 is 11.2 Å². The van der Waals surface area contributed by atoms with Gasteiger partial charge in [-0.25, -0.2) is 9.59 Å². The third-order valence-corrected chi connectivity index (χ3v) is 7.51. The lowest BCUT2D eigenvalue weighted by Gasteiger charge is -2.11. The lowest BCUT2D eigenvalue weighted by Crippen LogP contribution is -2.38. The summed E-state index contributed by atoms with van der Waals surface area (Å²) in [6, 6.07) is 7.72. The van der Waals surface area contributed by atoms with E-state index in [-0.39, 0.29) is 23.4 Å². The van der Waals surface area contributed by atoms with Crippen molar-refractivity contribution in [3.05, 3.63) is 59.5 Å². The Balaban J connectivity index is 2.04. The van der Waals surface area contributed by atoms with Gasteiger partial charge < -0.3 is 9.67 Å². The molecule has 10 heteroatoms. The molecule has 0 bridgehead atoms. The summed E-state index contributed by atoms with van der Waals surface area (Å²) in [5.41, 5.74) is -0.170. The first kappa shape index (κ1) is 20.7. The molecule has 30 heavy (non-hydrogen) atoms. The number of hydrogen-bond donors (Lipinski definition) is 1. The van der Waals surface area contributed by atoms with Crippen LogP contribution >= 0.6 is 34.9 Å². The molecule has 0 amide bonds. The third kappa shape index (κ3) is 3.24. The van der Waals surface area contributed by atoms with Crippen molar-refractivity contribution in [3.8, 4) is 0 Å². The van der Waals surface area contributed by atoms with Crippen LogP contribution in [0.2, 0.25) is 0 Å². The number of thiophene rings is 1. The number of rotatable bonds is 5. The van der Waals surface area contributed by atoms with Gasteiger partial charge in [-0.2, -0.15) is 0 Å². The highest BCUT2D eigenvalue weighted by Gasteiger charge is 2.26. The minimum Gasteiger partial charge on any atom is -0.478 e. The van der Waals surface area contributed by atoms with E-state index in [0.717, 1.165) is 14.8 Å². The van der Waals surface area contributed by atoms with Crippen LogP contribution in [0.15, 0.2) is 33.9 Å². The summed E-state index contributed by atoms with van der Waals surface area (Å²) < 4.78 is 6.00. The van der Waals surface area contributed by atoms with Crippen molar-refractivity contribution in [2.75, 3.05) is 0 Å². The van der Waals surface area contributed by atoms with Gasteiger partial charge in [0.05, 0.1) is 27.7 Å². The lowest BCUT2D eigenvalue weighted by atomic mass is 10.1. The van der Waals surface area contributed by atoms with Crippen LogP contribution in [0.1, 0.15) is 29.1 Å². The Hall–Kier alpha value is -2.56. The average Bonchev–Trinajstić information content (AvgIpc) is 3.22. The van der Waals surface area contributed by atoms with Gasteiger partial charge in [0.2, 0.25) is 0 Å². The SMILES string of the molecule is CC(C)Cn1c(=O)n(C)c(=O)c2c(C(=O)O)c(Cn3c(=S)sc4ccccc43)sc21. The van der Waals surface area contributed by atoms with Gasteiger partial charge >= 0.3 is 11.7 Å². The Morgan fingerprint density at radius 2 is 1.87 bits per heavy atom. The fraction of sp³-hybridized carbons (Fsp3) is 0.300. The second-order valence-electron chi connectivity index (χ2n) is 7.46. The maximum Gasteiger partial charge on any atom is 0.337 e. The molecule has 0 aliphatic heterocycles. The van der Waals surface area contributed by atoms with Crippen molar-refractivity contribution in [1.29, 1.82) is 0 Å². The summed E-state index contributed by atoms with van der Waals surface area (Å²) in [5.74, 6) is -1.04. The third-order valence-electron chi connectivity index (χ3n) is 4.88. The Kier molecular flexibility index (Phi) is 5.25. The number of carboxylic acid groups (broad SMARTS) is 1. The Bertz CT molecular complexity index is 1480. The molecule has 0 aliphatic carbocycles. The Morgan fingerprint density at radius 3 is 2.53 bits per heavy atom. The van der Waals surface area contributed by atoms with Gasteiger partial charge in [-0.05, 0) is 30.3 Å². The van der Waals surface area contributed by atoms with Gasteiger partial charge in [0, 0.05) is 18.5 Å². The molecule has 1 N–H and O–H groups in total. The van der Waals surface area contributed by atoms with E-state index in [0.29, 0.717) is 20.2 Å². The summed E-state index contributed by atoms with van der Waals surface area (Å²) in [6.07, 6.45) is 0. The van der Waals surface area contributed by atoms with Crippen molar-refractivity contribution in [2.24, 2.45) is 13.0 Å². The van der Waals surface area contributed by atoms with Gasteiger partial charge in [-0.3, -0.25) is 13.9 Å². The molecule has 3 heterocycles. The zero-order valence-corrected chi connectivity index (χ0v) is 19.0. The van der Waals surface area contributed by atoms with E-state index in [4.69, 9.17) is 12.2 Å². The predicted octanol–water partition coefficient (Wildman–Crippen LogP) is 3.91. The molecule has 156 valence electrons. The smallest absolute Gasteiger partial charge is 0.337 e. The zero-order chi connectivity index (χ0) is 21.7. The Labute approximate surface area is 184 Å². The molecule has 0 saturated carbocycles. The molecule has 0 fully saturated rings. The molecule has 0 unspecified atom stereocenters. The molecule has 0 atom stereocenters. The summed E-state index contributed by atoms with van der Waals surface area (Å²) in [5, 5.41) is 10.0. The number of aromatic carboxylic acids is 1. The summed E-state index contributed by atoms with van der Waals surface area (Å²) in [4.78, 5) is 38.7. The number of hydrogen-bond acceptors (Lipinski definition) is 6. The monoisotopic (exact) mass is 461 g/mol. The van der Waals surface area contributed by atoms with Crippen LogP contribution in [0.4, 0.5) is 0 Å². The van der Waals surface area contributed by atoms with E-state index < -0.39 is 17.2 Å². The molecule has 0 aliphatic rings. The van der Waals surface area contributed by atoms with Crippen molar-refractivity contribution >= 4 is 61.3 Å². The van der Waals surface area contributed by atoms with Crippen molar-refractivity contribution in [3.63, 3.8) is 0 Å². The van der Waals surface area contributed by atoms with E-state index in [1.165, 1.54) is 34.3 Å². The molecule has 4 aromatic rings. The van der Waals surface area contributed by atoms with Crippen LogP contribution in [0, 0.1) is 9.87 Å². The predicted molar refractivity (Wildman–Crippen MR) is 123 cm³/mol. The quantitative estimate of drug-likeness (QED) is 0.456. The number of para-hydroxylation sites is 1. The van der Waals surface area contributed by atoms with Crippen LogP contribution in [0.3, 0.4) is 0 Å². The summed E-state index contributed by atoms with van der Waals surface area (Å²) >= 11 is 8.14. The maximum atomic E-state index is 12.9. The normalized spacial score (nSPS) is 11.7. The molecule has 0 radical (unpaired) electrons. The number of benzene rings is 1. The highest BCUT2D eigenvalue weighted by molar-refractivity contribution is 7.73. The van der Waals surface area contributed by atoms with Crippen LogP contribution in [-0.4, -0.2) is 24.8 Å². The van der Waals surface area contributed by atoms with Gasteiger partial charge in [0.25, 0.3) is 5.56 Å². The Morgan fingerprint density at radius 1 is 1.17 bits per heavy atom. The summed E-state index contributed by atoms with van der Waals surface area (Å²) in [7, 11) is 1.38. The van der Waals surface area contributed by atoms with Crippen molar-refractivity contribution < 1.29 is 9.90 Å². The fourth-order valence-electron chi connectivity index (χ4n) is 3.55. The molecule has 1 aromatic carbocycles. The molecule has 0 saturated heterocycles. The molecular weight excluding hydrogens is 442 g/mol. The zero-order valence-electron chi connectivity index (χ0n) is 16.5. The van der Waals surface area contributed by atoms with Crippen molar-refractivity contribution in [1.82, 2.24) is 13.7 Å². The number of fused-ring (bicyclic) bond motifs is 2. The van der Waals surface area contributed by atoms with E-state index in [1.54, 1.807) is 0 Å². The second-order valence-corrected chi connectivity index (χ2v) is 10.2. The molecule has 3 aromatic heterocycles. The van der Waals surface area contributed by atoms with Crippen LogP contribution in [0.25, 0.3) is 20.4 Å². The number of nitrogens with zero attached hydrogens (tertiary/aromatic N) is 3. The summed E-state index contributed by atoms with van der Waals surface area (Å²) in [6.45, 7) is 4.55. The van der Waals surface area contributed by atoms with E-state index in [9.17, 15) is 19.5 Å². The fourth-order valence-corrected chi connectivity index (χ4v) is 6.14. The number of thiazole rings is 1. The van der Waals surface area contributed by atoms with Gasteiger partial charge in [-0.1, -0.05) is 26.0 Å². The first-order chi connectivity index (χ1) is 14.2. The van der Waals surface area contributed by atoms with Crippen LogP contribution in [0.5, 0.6) is 0 Å². The number of carbonyl (C=O) groups is 1. The number of carboxylic acids is 1. The van der Waals surface area contributed by atoms with Gasteiger partial charge in [-0.15, -0.1) is 22.7 Å². The van der Waals surface area contributed by atoms with Crippen LogP contribution in [-0.2, 0) is 20.1 Å². The van der Waals surface area contributed by atoms with Gasteiger partial charge in [0.1, 0.15) is 4.83 Å². The highest BCUT2D eigenvalue weighted by Crippen LogP contribution is 2.32. The first-order valence-electron chi connectivity index (χ1n) is 9.27. The maximum absolute atomic E-state index is 12.9.